The number of rotatable bonds is 4. The third kappa shape index (κ3) is 3.03. The highest BCUT2D eigenvalue weighted by Crippen LogP contribution is 2.21. The molecule has 3 heterocycles. The number of aromatic nitrogens is 3. The van der Waals surface area contributed by atoms with Crippen LogP contribution in [0.1, 0.15) is 34.6 Å². The molecule has 1 fully saturated rings. The number of amides is 2. The Balaban J connectivity index is 1.45. The van der Waals surface area contributed by atoms with E-state index in [0.717, 1.165) is 30.0 Å². The van der Waals surface area contributed by atoms with E-state index >= 15 is 0 Å². The number of benzene rings is 1. The number of aryl methyl sites for hydroxylation is 1. The maximum Gasteiger partial charge on any atom is 0.253 e. The van der Waals surface area contributed by atoms with Gasteiger partial charge in [-0.3, -0.25) is 9.59 Å². The molecular formula is C19H19N5O2. The molecule has 0 aliphatic carbocycles. The molecule has 1 aromatic carbocycles. The normalized spacial score (nSPS) is 14.2. The van der Waals surface area contributed by atoms with Crippen LogP contribution in [0.4, 0.5) is 5.69 Å². The Hall–Kier alpha value is -3.22. The van der Waals surface area contributed by atoms with Crippen molar-refractivity contribution in [3.05, 3.63) is 53.5 Å². The molecule has 1 aliphatic heterocycles. The van der Waals surface area contributed by atoms with Crippen molar-refractivity contribution in [2.24, 2.45) is 0 Å². The lowest BCUT2D eigenvalue weighted by atomic mass is 10.1. The van der Waals surface area contributed by atoms with Crippen LogP contribution in [0, 0.1) is 6.92 Å². The third-order valence-electron chi connectivity index (χ3n) is 4.53. The molecule has 7 heteroatoms. The van der Waals surface area contributed by atoms with Crippen molar-refractivity contribution in [2.75, 3.05) is 11.4 Å². The van der Waals surface area contributed by atoms with E-state index < -0.39 is 0 Å². The first-order valence-corrected chi connectivity index (χ1v) is 8.60. The SMILES string of the molecule is Cc1nc2nccc(C(=O)NCc3ccc(N4CCCC4=O)cc3)c2[nH]1. The summed E-state index contributed by atoms with van der Waals surface area (Å²) >= 11 is 0. The lowest BCUT2D eigenvalue weighted by Crippen LogP contribution is -2.24. The highest BCUT2D eigenvalue weighted by Gasteiger charge is 2.21. The topological polar surface area (TPSA) is 91.0 Å². The van der Waals surface area contributed by atoms with Crippen molar-refractivity contribution in [1.29, 1.82) is 0 Å². The van der Waals surface area contributed by atoms with Crippen molar-refractivity contribution in [1.82, 2.24) is 20.3 Å². The zero-order valence-corrected chi connectivity index (χ0v) is 14.5. The van der Waals surface area contributed by atoms with Crippen LogP contribution >= 0.6 is 0 Å². The number of aromatic amines is 1. The molecule has 1 saturated heterocycles. The average Bonchev–Trinajstić information content (AvgIpc) is 3.24. The van der Waals surface area contributed by atoms with Crippen molar-refractivity contribution in [3.8, 4) is 0 Å². The number of hydrogen-bond donors (Lipinski definition) is 2. The largest absolute Gasteiger partial charge is 0.348 e. The van der Waals surface area contributed by atoms with Crippen molar-refractivity contribution in [3.63, 3.8) is 0 Å². The predicted molar refractivity (Wildman–Crippen MR) is 97.8 cm³/mol. The monoisotopic (exact) mass is 349 g/mol. The minimum absolute atomic E-state index is 0.169. The first kappa shape index (κ1) is 16.3. The van der Waals surface area contributed by atoms with E-state index in [0.29, 0.717) is 29.7 Å². The van der Waals surface area contributed by atoms with Gasteiger partial charge in [-0.05, 0) is 37.1 Å². The van der Waals surface area contributed by atoms with E-state index in [4.69, 9.17) is 0 Å². The van der Waals surface area contributed by atoms with Crippen LogP contribution in [0.3, 0.4) is 0 Å². The fraction of sp³-hybridized carbons (Fsp3) is 0.263. The molecule has 132 valence electrons. The first-order chi connectivity index (χ1) is 12.6. The van der Waals surface area contributed by atoms with Crippen LogP contribution in [0.2, 0.25) is 0 Å². The van der Waals surface area contributed by atoms with Gasteiger partial charge < -0.3 is 15.2 Å². The van der Waals surface area contributed by atoms with Crippen molar-refractivity contribution >= 4 is 28.7 Å². The van der Waals surface area contributed by atoms with Crippen LogP contribution in [0.5, 0.6) is 0 Å². The summed E-state index contributed by atoms with van der Waals surface area (Å²) in [6.07, 6.45) is 3.11. The fourth-order valence-electron chi connectivity index (χ4n) is 3.21. The van der Waals surface area contributed by atoms with Gasteiger partial charge in [-0.2, -0.15) is 0 Å². The van der Waals surface area contributed by atoms with Gasteiger partial charge in [-0.15, -0.1) is 0 Å². The van der Waals surface area contributed by atoms with Gasteiger partial charge in [-0.1, -0.05) is 12.1 Å². The Bertz CT molecular complexity index is 977. The summed E-state index contributed by atoms with van der Waals surface area (Å²) in [5.74, 6) is 0.710. The Morgan fingerprint density at radius 1 is 1.27 bits per heavy atom. The molecule has 0 bridgehead atoms. The molecule has 0 atom stereocenters. The molecule has 0 spiro atoms. The number of H-pyrrole nitrogens is 1. The molecule has 3 aromatic rings. The second-order valence-electron chi connectivity index (χ2n) is 6.38. The number of hydrogen-bond acceptors (Lipinski definition) is 4. The Labute approximate surface area is 150 Å². The highest BCUT2D eigenvalue weighted by atomic mass is 16.2. The lowest BCUT2D eigenvalue weighted by molar-refractivity contribution is -0.117. The molecule has 2 amide bonds. The number of imidazole rings is 1. The Morgan fingerprint density at radius 3 is 2.81 bits per heavy atom. The minimum Gasteiger partial charge on any atom is -0.348 e. The van der Waals surface area contributed by atoms with Crippen molar-refractivity contribution in [2.45, 2.75) is 26.3 Å². The number of fused-ring (bicyclic) bond motifs is 1. The maximum atomic E-state index is 12.5. The molecule has 0 unspecified atom stereocenters. The summed E-state index contributed by atoms with van der Waals surface area (Å²) in [5.41, 5.74) is 3.58. The van der Waals surface area contributed by atoms with Gasteiger partial charge in [0.2, 0.25) is 5.91 Å². The van der Waals surface area contributed by atoms with Gasteiger partial charge in [0.15, 0.2) is 5.65 Å². The Morgan fingerprint density at radius 2 is 2.08 bits per heavy atom. The quantitative estimate of drug-likeness (QED) is 0.756. The molecule has 0 saturated carbocycles. The lowest BCUT2D eigenvalue weighted by Gasteiger charge is -2.16. The zero-order valence-electron chi connectivity index (χ0n) is 14.5. The van der Waals surface area contributed by atoms with Gasteiger partial charge in [-0.25, -0.2) is 9.97 Å². The van der Waals surface area contributed by atoms with E-state index in [-0.39, 0.29) is 11.8 Å². The minimum atomic E-state index is -0.181. The molecule has 7 nitrogen and oxygen atoms in total. The second kappa shape index (κ2) is 6.59. The number of pyridine rings is 1. The van der Waals surface area contributed by atoms with Gasteiger partial charge in [0.05, 0.1) is 11.1 Å². The van der Waals surface area contributed by atoms with E-state index in [1.54, 1.807) is 17.2 Å². The maximum absolute atomic E-state index is 12.5. The van der Waals surface area contributed by atoms with Crippen LogP contribution in [-0.2, 0) is 11.3 Å². The smallest absolute Gasteiger partial charge is 0.253 e. The zero-order chi connectivity index (χ0) is 18.1. The molecule has 1 aliphatic rings. The summed E-state index contributed by atoms with van der Waals surface area (Å²) < 4.78 is 0. The standard InChI is InChI=1S/C19H19N5O2/c1-12-22-17-15(8-9-20-18(17)23-12)19(26)21-11-13-4-6-14(7-5-13)24-10-2-3-16(24)25/h4-9H,2-3,10-11H2,1H3,(H,21,26)(H,20,22,23). The number of carbonyl (C=O) groups excluding carboxylic acids is 2. The molecular weight excluding hydrogens is 330 g/mol. The van der Waals surface area contributed by atoms with Gasteiger partial charge in [0.25, 0.3) is 5.91 Å². The second-order valence-corrected chi connectivity index (χ2v) is 6.38. The summed E-state index contributed by atoms with van der Waals surface area (Å²) in [4.78, 5) is 37.6. The first-order valence-electron chi connectivity index (χ1n) is 8.60. The van der Waals surface area contributed by atoms with E-state index in [1.165, 1.54) is 0 Å². The number of carbonyl (C=O) groups is 2. The van der Waals surface area contributed by atoms with Crippen LogP contribution in [0.25, 0.3) is 11.2 Å². The van der Waals surface area contributed by atoms with Crippen LogP contribution in [0.15, 0.2) is 36.5 Å². The van der Waals surface area contributed by atoms with Gasteiger partial charge >= 0.3 is 0 Å². The number of nitrogens with one attached hydrogen (secondary N) is 2. The molecule has 2 aromatic heterocycles. The van der Waals surface area contributed by atoms with Crippen LogP contribution < -0.4 is 10.2 Å². The average molecular weight is 349 g/mol. The molecule has 26 heavy (non-hydrogen) atoms. The van der Waals surface area contributed by atoms with Crippen LogP contribution in [-0.4, -0.2) is 33.3 Å². The summed E-state index contributed by atoms with van der Waals surface area (Å²) in [7, 11) is 0. The third-order valence-corrected chi connectivity index (χ3v) is 4.53. The van der Waals surface area contributed by atoms with Gasteiger partial charge in [0.1, 0.15) is 5.82 Å². The van der Waals surface area contributed by atoms with E-state index in [1.807, 2.05) is 31.2 Å². The number of anilines is 1. The Kier molecular flexibility index (Phi) is 4.12. The summed E-state index contributed by atoms with van der Waals surface area (Å²) in [6.45, 7) is 3.01. The van der Waals surface area contributed by atoms with Crippen molar-refractivity contribution < 1.29 is 9.59 Å². The van der Waals surface area contributed by atoms with Gasteiger partial charge in [0, 0.05) is 31.4 Å². The van der Waals surface area contributed by atoms with E-state index in [9.17, 15) is 9.59 Å². The molecule has 2 N–H and O–H groups in total. The van der Waals surface area contributed by atoms with E-state index in [2.05, 4.69) is 20.3 Å². The molecule has 4 rings (SSSR count). The predicted octanol–water partition coefficient (Wildman–Crippen LogP) is 2.32. The molecule has 0 radical (unpaired) electrons. The summed E-state index contributed by atoms with van der Waals surface area (Å²) in [6, 6.07) is 9.39. The summed E-state index contributed by atoms with van der Waals surface area (Å²) in [5, 5.41) is 2.92. The fourth-order valence-corrected chi connectivity index (χ4v) is 3.21. The number of nitrogens with zero attached hydrogens (tertiary/aromatic N) is 3. The highest BCUT2D eigenvalue weighted by molar-refractivity contribution is 6.04.